The molecule has 0 aromatic heterocycles. The Kier molecular flexibility index (Phi) is 6.14. The van der Waals surface area contributed by atoms with Crippen molar-refractivity contribution in [3.63, 3.8) is 0 Å². The largest absolute Gasteiger partial charge is 0.477 e. The monoisotopic (exact) mass is 434 g/mol. The van der Waals surface area contributed by atoms with Gasteiger partial charge >= 0.3 is 5.97 Å². The molecular weight excluding hydrogens is 408 g/mol. The first-order valence-electron chi connectivity index (χ1n) is 9.95. The minimum atomic E-state index is -1.96. The van der Waals surface area contributed by atoms with Crippen LogP contribution in [0.25, 0.3) is 0 Å². The highest BCUT2D eigenvalue weighted by atomic mass is 32.2. The Morgan fingerprint density at radius 1 is 1.23 bits per heavy atom. The number of carboxylic acids is 1. The molecule has 0 aliphatic carbocycles. The van der Waals surface area contributed by atoms with Crippen molar-refractivity contribution >= 4 is 28.6 Å². The van der Waals surface area contributed by atoms with E-state index in [4.69, 9.17) is 0 Å². The van der Waals surface area contributed by atoms with Gasteiger partial charge in [0.15, 0.2) is 0 Å². The van der Waals surface area contributed by atoms with Gasteiger partial charge in [-0.2, -0.15) is 0 Å². The molecule has 1 saturated heterocycles. The minimum absolute atomic E-state index is 0.101. The number of carboxylic acid groups (broad SMARTS) is 1. The van der Waals surface area contributed by atoms with Crippen LogP contribution in [0.4, 0.5) is 0 Å². The molecule has 2 aliphatic heterocycles. The maximum atomic E-state index is 13.6. The van der Waals surface area contributed by atoms with Crippen LogP contribution >= 0.6 is 0 Å². The molecule has 0 radical (unpaired) electrons. The number of fused-ring (bicyclic) bond motifs is 1. The topological polar surface area (TPSA) is 115 Å². The van der Waals surface area contributed by atoms with Gasteiger partial charge in [-0.05, 0) is 32.9 Å². The molecule has 0 spiro atoms. The van der Waals surface area contributed by atoms with Crippen molar-refractivity contribution < 1.29 is 28.8 Å². The van der Waals surface area contributed by atoms with E-state index in [-0.39, 0.29) is 27.0 Å². The van der Waals surface area contributed by atoms with Gasteiger partial charge in [-0.1, -0.05) is 19.1 Å². The molecule has 9 heteroatoms. The van der Waals surface area contributed by atoms with E-state index in [0.29, 0.717) is 13.1 Å². The van der Waals surface area contributed by atoms with E-state index in [2.05, 4.69) is 0 Å². The first kappa shape index (κ1) is 22.2. The van der Waals surface area contributed by atoms with Gasteiger partial charge in [0.2, 0.25) is 5.91 Å². The summed E-state index contributed by atoms with van der Waals surface area (Å²) in [5, 5.41) is 19.7. The van der Waals surface area contributed by atoms with E-state index >= 15 is 0 Å². The number of aliphatic hydroxyl groups excluding tert-OH is 1. The lowest BCUT2D eigenvalue weighted by atomic mass is 9.79. The second-order valence-electron chi connectivity index (χ2n) is 7.51. The molecule has 5 atom stereocenters. The number of amides is 2. The summed E-state index contributed by atoms with van der Waals surface area (Å²) in [7, 11) is -1.96. The van der Waals surface area contributed by atoms with E-state index in [1.807, 2.05) is 13.8 Å². The van der Waals surface area contributed by atoms with Gasteiger partial charge in [0.05, 0.1) is 44.2 Å². The minimum Gasteiger partial charge on any atom is -0.477 e. The maximum Gasteiger partial charge on any atom is 0.353 e. The third-order valence-electron chi connectivity index (χ3n) is 5.88. The van der Waals surface area contributed by atoms with E-state index in [1.54, 1.807) is 36.1 Å². The smallest absolute Gasteiger partial charge is 0.353 e. The van der Waals surface area contributed by atoms with Crippen LogP contribution in [0.15, 0.2) is 39.8 Å². The van der Waals surface area contributed by atoms with Gasteiger partial charge in [-0.15, -0.1) is 0 Å². The molecule has 2 heterocycles. The molecule has 1 aromatic carbocycles. The highest BCUT2D eigenvalue weighted by Gasteiger charge is 2.61. The normalized spacial score (nSPS) is 24.9. The van der Waals surface area contributed by atoms with E-state index in [9.17, 15) is 28.8 Å². The highest BCUT2D eigenvalue weighted by molar-refractivity contribution is 7.89. The zero-order valence-corrected chi connectivity index (χ0v) is 18.2. The molecule has 2 N–H and O–H groups in total. The van der Waals surface area contributed by atoms with Crippen LogP contribution in [0, 0.1) is 11.8 Å². The zero-order chi connectivity index (χ0) is 22.3. The predicted molar refractivity (Wildman–Crippen MR) is 110 cm³/mol. The average molecular weight is 435 g/mol. The fourth-order valence-electron chi connectivity index (χ4n) is 4.38. The molecule has 162 valence electrons. The summed E-state index contributed by atoms with van der Waals surface area (Å²) in [5.74, 6) is -3.40. The second-order valence-corrected chi connectivity index (χ2v) is 8.93. The number of β-lactam (4-membered cyclic amide) rings is 1. The fourth-order valence-corrected chi connectivity index (χ4v) is 6.01. The van der Waals surface area contributed by atoms with Crippen molar-refractivity contribution in [2.45, 2.75) is 44.7 Å². The highest BCUT2D eigenvalue weighted by Crippen LogP contribution is 2.49. The Balaban J connectivity index is 2.09. The van der Waals surface area contributed by atoms with Crippen molar-refractivity contribution in [3.8, 4) is 0 Å². The number of carbonyl (C=O) groups excluding carboxylic acids is 2. The third kappa shape index (κ3) is 3.26. The molecular formula is C21H26N2O6S. The summed E-state index contributed by atoms with van der Waals surface area (Å²) in [6.45, 7) is 7.85. The zero-order valence-electron chi connectivity index (χ0n) is 17.4. The summed E-state index contributed by atoms with van der Waals surface area (Å²) in [6, 6.07) is 5.88. The number of benzene rings is 1. The van der Waals surface area contributed by atoms with Crippen molar-refractivity contribution in [1.82, 2.24) is 9.80 Å². The summed E-state index contributed by atoms with van der Waals surface area (Å²) in [4.78, 5) is 40.5. The van der Waals surface area contributed by atoms with Gasteiger partial charge < -0.3 is 20.0 Å². The lowest BCUT2D eigenvalue weighted by Crippen LogP contribution is -2.63. The molecule has 30 heavy (non-hydrogen) atoms. The van der Waals surface area contributed by atoms with Gasteiger partial charge in [-0.25, -0.2) is 9.00 Å². The number of nitrogens with zero attached hydrogens (tertiary/aromatic N) is 2. The van der Waals surface area contributed by atoms with E-state index in [1.165, 1.54) is 6.92 Å². The molecule has 0 bridgehead atoms. The van der Waals surface area contributed by atoms with Crippen molar-refractivity contribution in [3.05, 3.63) is 40.4 Å². The van der Waals surface area contributed by atoms with Crippen molar-refractivity contribution in [2.75, 3.05) is 13.1 Å². The van der Waals surface area contributed by atoms with Crippen LogP contribution in [0.5, 0.6) is 0 Å². The summed E-state index contributed by atoms with van der Waals surface area (Å²) in [5.41, 5.74) is -0.0607. The Morgan fingerprint density at radius 3 is 2.37 bits per heavy atom. The van der Waals surface area contributed by atoms with Crippen LogP contribution in [0.1, 0.15) is 38.1 Å². The van der Waals surface area contributed by atoms with Gasteiger partial charge in [0, 0.05) is 19.0 Å². The summed E-state index contributed by atoms with van der Waals surface area (Å²) < 4.78 is 13.6. The molecule has 1 fully saturated rings. The van der Waals surface area contributed by atoms with E-state index in [0.717, 1.165) is 4.90 Å². The SMILES string of the molecule is CCN(CC)C(=O)c1ccccc1S(=O)C1=C(C(=O)O)N2C(=O)C(C(C)O)[C@@H]2C1C. The molecule has 2 amide bonds. The van der Waals surface area contributed by atoms with Gasteiger partial charge in [-0.3, -0.25) is 9.59 Å². The van der Waals surface area contributed by atoms with Crippen LogP contribution in [0.2, 0.25) is 0 Å². The number of hydrogen-bond acceptors (Lipinski definition) is 5. The fraction of sp³-hybridized carbons (Fsp3) is 0.476. The van der Waals surface area contributed by atoms with Crippen LogP contribution in [-0.2, 0) is 20.4 Å². The second kappa shape index (κ2) is 8.31. The Labute approximate surface area is 177 Å². The quantitative estimate of drug-likeness (QED) is 0.628. The molecule has 2 aliphatic rings. The molecule has 1 aromatic rings. The number of rotatable bonds is 7. The summed E-state index contributed by atoms with van der Waals surface area (Å²) >= 11 is 0. The Morgan fingerprint density at radius 2 is 1.83 bits per heavy atom. The standard InChI is InChI=1S/C21H26N2O6S/c1-5-22(6-2)19(25)13-9-7-8-10-14(13)30(29)18-11(3)16-15(12(4)24)20(26)23(16)17(18)21(27)28/h7-12,15-16,24H,5-6H2,1-4H3,(H,27,28)/t11?,12?,15?,16-,30?/m0/s1. The average Bonchev–Trinajstić information content (AvgIpc) is 2.96. The number of aliphatic carboxylic acids is 1. The Hall–Kier alpha value is -2.52. The molecule has 0 saturated carbocycles. The Bertz CT molecular complexity index is 953. The number of aliphatic hydroxyl groups is 1. The van der Waals surface area contributed by atoms with Crippen LogP contribution < -0.4 is 0 Å². The van der Waals surface area contributed by atoms with E-state index < -0.39 is 46.7 Å². The predicted octanol–water partition coefficient (Wildman–Crippen LogP) is 1.43. The lowest BCUT2D eigenvalue weighted by molar-refractivity contribution is -0.163. The molecule has 4 unspecified atom stereocenters. The lowest BCUT2D eigenvalue weighted by Gasteiger charge is -2.46. The number of carbonyl (C=O) groups is 3. The van der Waals surface area contributed by atoms with Crippen molar-refractivity contribution in [1.29, 1.82) is 0 Å². The van der Waals surface area contributed by atoms with Crippen molar-refractivity contribution in [2.24, 2.45) is 11.8 Å². The van der Waals surface area contributed by atoms with Gasteiger partial charge in [0.1, 0.15) is 5.70 Å². The van der Waals surface area contributed by atoms with Gasteiger partial charge in [0.25, 0.3) is 5.91 Å². The molecule has 3 rings (SSSR count). The first-order chi connectivity index (χ1) is 14.2. The summed E-state index contributed by atoms with van der Waals surface area (Å²) in [6.07, 6.45) is -0.944. The maximum absolute atomic E-state index is 13.6. The van der Waals surface area contributed by atoms with Crippen LogP contribution in [0.3, 0.4) is 0 Å². The third-order valence-corrected chi connectivity index (χ3v) is 7.60. The molecule has 8 nitrogen and oxygen atoms in total. The number of hydrogen-bond donors (Lipinski definition) is 2. The van der Waals surface area contributed by atoms with Crippen LogP contribution in [-0.4, -0.2) is 67.2 Å². The first-order valence-corrected chi connectivity index (χ1v) is 11.1.